The van der Waals surface area contributed by atoms with E-state index in [0.717, 1.165) is 39.9 Å². The molecule has 0 atom stereocenters. The summed E-state index contributed by atoms with van der Waals surface area (Å²) in [6.07, 6.45) is 5.11. The van der Waals surface area contributed by atoms with Gasteiger partial charge < -0.3 is 4.98 Å². The molecule has 0 unspecified atom stereocenters. The lowest BCUT2D eigenvalue weighted by molar-refractivity contribution is 0.280. The van der Waals surface area contributed by atoms with Crippen LogP contribution in [0.4, 0.5) is 0 Å². The number of rotatable bonds is 2. The zero-order chi connectivity index (χ0) is 15.2. The molecule has 1 aromatic carbocycles. The van der Waals surface area contributed by atoms with Gasteiger partial charge in [0.1, 0.15) is 5.82 Å². The van der Waals surface area contributed by atoms with Gasteiger partial charge in [0, 0.05) is 10.7 Å². The van der Waals surface area contributed by atoms with Crippen LogP contribution >= 0.6 is 15.9 Å². The number of H-pyrrole nitrogens is 1. The standard InChI is InChI=1S/C17H13BrN4/c18-12-3-5-15(20-10-12)17(6-1-7-17)16-21-13-4-2-11(9-19)8-14(13)22-16/h2-5,8,10H,1,6-7H2,(H,21,22). The number of imidazole rings is 1. The van der Waals surface area contributed by atoms with Crippen LogP contribution in [-0.2, 0) is 5.41 Å². The maximum Gasteiger partial charge on any atom is 0.119 e. The van der Waals surface area contributed by atoms with E-state index >= 15 is 0 Å². The second kappa shape index (κ2) is 4.92. The topological polar surface area (TPSA) is 65.4 Å². The predicted molar refractivity (Wildman–Crippen MR) is 87.4 cm³/mol. The minimum atomic E-state index is -0.119. The largest absolute Gasteiger partial charge is 0.341 e. The first-order chi connectivity index (χ1) is 10.7. The van der Waals surface area contributed by atoms with Crippen molar-refractivity contribution in [2.24, 2.45) is 0 Å². The van der Waals surface area contributed by atoms with Crippen molar-refractivity contribution in [3.8, 4) is 6.07 Å². The number of halogens is 1. The second-order valence-corrected chi connectivity index (χ2v) is 6.64. The first kappa shape index (κ1) is 13.5. The fourth-order valence-corrected chi connectivity index (χ4v) is 3.34. The maximum atomic E-state index is 9.03. The highest BCUT2D eigenvalue weighted by Gasteiger charge is 2.44. The van der Waals surface area contributed by atoms with Crippen molar-refractivity contribution in [2.45, 2.75) is 24.7 Å². The molecule has 2 heterocycles. The van der Waals surface area contributed by atoms with Crippen LogP contribution in [0.3, 0.4) is 0 Å². The van der Waals surface area contributed by atoms with Crippen molar-refractivity contribution in [3.05, 3.63) is 58.1 Å². The highest BCUT2D eigenvalue weighted by atomic mass is 79.9. The van der Waals surface area contributed by atoms with Crippen molar-refractivity contribution in [2.75, 3.05) is 0 Å². The molecule has 4 nitrogen and oxygen atoms in total. The molecular weight excluding hydrogens is 340 g/mol. The first-order valence-corrected chi connectivity index (χ1v) is 8.03. The number of nitrogens with zero attached hydrogens (tertiary/aromatic N) is 3. The van der Waals surface area contributed by atoms with Crippen LogP contribution in [0.1, 0.15) is 36.3 Å². The van der Waals surface area contributed by atoms with E-state index in [-0.39, 0.29) is 5.41 Å². The molecule has 1 aliphatic carbocycles. The lowest BCUT2D eigenvalue weighted by Gasteiger charge is -2.39. The van der Waals surface area contributed by atoms with Gasteiger partial charge in [-0.3, -0.25) is 4.98 Å². The zero-order valence-electron chi connectivity index (χ0n) is 11.8. The predicted octanol–water partition coefficient (Wildman–Crippen LogP) is 4.06. The molecule has 0 radical (unpaired) electrons. The van der Waals surface area contributed by atoms with Gasteiger partial charge in [0.15, 0.2) is 0 Å². The van der Waals surface area contributed by atoms with Gasteiger partial charge in [-0.25, -0.2) is 4.98 Å². The maximum absolute atomic E-state index is 9.03. The Morgan fingerprint density at radius 3 is 2.73 bits per heavy atom. The average molecular weight is 353 g/mol. The fourth-order valence-electron chi connectivity index (χ4n) is 3.11. The van der Waals surface area contributed by atoms with E-state index < -0.39 is 0 Å². The molecule has 0 aliphatic heterocycles. The molecule has 1 saturated carbocycles. The fraction of sp³-hybridized carbons (Fsp3) is 0.235. The Kier molecular flexibility index (Phi) is 3.02. The third kappa shape index (κ3) is 1.95. The molecule has 1 fully saturated rings. The van der Waals surface area contributed by atoms with Crippen molar-refractivity contribution in [1.29, 1.82) is 5.26 Å². The van der Waals surface area contributed by atoms with Crippen LogP contribution in [0.2, 0.25) is 0 Å². The molecule has 3 aromatic rings. The van der Waals surface area contributed by atoms with Crippen molar-refractivity contribution in [1.82, 2.24) is 15.0 Å². The van der Waals surface area contributed by atoms with Gasteiger partial charge in [-0.2, -0.15) is 5.26 Å². The summed E-state index contributed by atoms with van der Waals surface area (Å²) in [5.41, 5.74) is 3.40. The summed E-state index contributed by atoms with van der Waals surface area (Å²) in [7, 11) is 0. The third-order valence-corrected chi connectivity index (χ3v) is 4.96. The number of aromatic amines is 1. The van der Waals surface area contributed by atoms with Gasteiger partial charge in [0.25, 0.3) is 0 Å². The van der Waals surface area contributed by atoms with E-state index in [0.29, 0.717) is 5.56 Å². The molecule has 5 heteroatoms. The number of hydrogen-bond donors (Lipinski definition) is 1. The number of fused-ring (bicyclic) bond motifs is 1. The lowest BCUT2D eigenvalue weighted by Crippen LogP contribution is -2.37. The summed E-state index contributed by atoms with van der Waals surface area (Å²) < 4.78 is 0.981. The van der Waals surface area contributed by atoms with Crippen molar-refractivity contribution < 1.29 is 0 Å². The van der Waals surface area contributed by atoms with Gasteiger partial charge in [-0.05, 0) is 59.1 Å². The Balaban J connectivity index is 1.84. The van der Waals surface area contributed by atoms with E-state index in [1.54, 1.807) is 6.07 Å². The van der Waals surface area contributed by atoms with Crippen molar-refractivity contribution >= 4 is 27.0 Å². The molecule has 0 bridgehead atoms. The molecule has 2 aromatic heterocycles. The number of nitriles is 1. The molecule has 22 heavy (non-hydrogen) atoms. The van der Waals surface area contributed by atoms with Gasteiger partial charge >= 0.3 is 0 Å². The number of pyridine rings is 1. The Labute approximate surface area is 136 Å². The molecular formula is C17H13BrN4. The minimum Gasteiger partial charge on any atom is -0.341 e. The Morgan fingerprint density at radius 1 is 1.23 bits per heavy atom. The van der Waals surface area contributed by atoms with Crippen LogP contribution in [-0.4, -0.2) is 15.0 Å². The molecule has 1 aliphatic rings. The molecule has 0 saturated heterocycles. The molecule has 0 spiro atoms. The van der Waals surface area contributed by atoms with Crippen LogP contribution < -0.4 is 0 Å². The zero-order valence-corrected chi connectivity index (χ0v) is 13.4. The summed E-state index contributed by atoms with van der Waals surface area (Å²) in [4.78, 5) is 12.8. The van der Waals surface area contributed by atoms with Crippen LogP contribution in [0, 0.1) is 11.3 Å². The second-order valence-electron chi connectivity index (χ2n) is 5.73. The number of nitrogens with one attached hydrogen (secondary N) is 1. The Morgan fingerprint density at radius 2 is 2.09 bits per heavy atom. The minimum absolute atomic E-state index is 0.119. The van der Waals surface area contributed by atoms with Gasteiger partial charge in [-0.1, -0.05) is 6.42 Å². The summed E-state index contributed by atoms with van der Waals surface area (Å²) in [5, 5.41) is 9.03. The highest BCUT2D eigenvalue weighted by molar-refractivity contribution is 9.10. The van der Waals surface area contributed by atoms with E-state index in [1.807, 2.05) is 24.4 Å². The van der Waals surface area contributed by atoms with Gasteiger partial charge in [0.05, 0.1) is 33.8 Å². The van der Waals surface area contributed by atoms with Gasteiger partial charge in [-0.15, -0.1) is 0 Å². The molecule has 0 amide bonds. The molecule has 108 valence electrons. The lowest BCUT2D eigenvalue weighted by atomic mass is 9.66. The van der Waals surface area contributed by atoms with E-state index in [4.69, 9.17) is 10.2 Å². The average Bonchev–Trinajstić information content (AvgIpc) is 2.90. The molecule has 4 rings (SSSR count). The quantitative estimate of drug-likeness (QED) is 0.756. The Bertz CT molecular complexity index is 885. The number of hydrogen-bond acceptors (Lipinski definition) is 3. The SMILES string of the molecule is N#Cc1ccc2nc(C3(c4ccc(Br)cn4)CCC3)[nH]c2c1. The van der Waals surface area contributed by atoms with Crippen LogP contribution in [0.5, 0.6) is 0 Å². The van der Waals surface area contributed by atoms with Crippen molar-refractivity contribution in [3.63, 3.8) is 0 Å². The van der Waals surface area contributed by atoms with E-state index in [9.17, 15) is 0 Å². The van der Waals surface area contributed by atoms with Gasteiger partial charge in [0.2, 0.25) is 0 Å². The number of aromatic nitrogens is 3. The molecule has 1 N–H and O–H groups in total. The summed E-state index contributed by atoms with van der Waals surface area (Å²) in [5.74, 6) is 0.957. The van der Waals surface area contributed by atoms with Crippen LogP contribution in [0.15, 0.2) is 41.0 Å². The summed E-state index contributed by atoms with van der Waals surface area (Å²) >= 11 is 3.44. The highest BCUT2D eigenvalue weighted by Crippen LogP contribution is 2.47. The normalized spacial score (nSPS) is 16.2. The third-order valence-electron chi connectivity index (χ3n) is 4.49. The van der Waals surface area contributed by atoms with Crippen LogP contribution in [0.25, 0.3) is 11.0 Å². The number of benzene rings is 1. The van der Waals surface area contributed by atoms with E-state index in [2.05, 4.69) is 38.0 Å². The Hall–Kier alpha value is -2.19. The smallest absolute Gasteiger partial charge is 0.119 e. The summed E-state index contributed by atoms with van der Waals surface area (Å²) in [6.45, 7) is 0. The first-order valence-electron chi connectivity index (χ1n) is 7.24. The monoisotopic (exact) mass is 352 g/mol. The summed E-state index contributed by atoms with van der Waals surface area (Å²) in [6, 6.07) is 11.8. The van der Waals surface area contributed by atoms with E-state index in [1.165, 1.54) is 6.42 Å².